The first kappa shape index (κ1) is 39.3. The molecule has 2 aliphatic heterocycles. The third kappa shape index (κ3) is 8.81. The van der Waals surface area contributed by atoms with Crippen molar-refractivity contribution >= 4 is 106 Å². The zero-order valence-electron chi connectivity index (χ0n) is 30.0. The van der Waals surface area contributed by atoms with E-state index in [1.54, 1.807) is 47.8 Å². The van der Waals surface area contributed by atoms with Gasteiger partial charge in [-0.3, -0.25) is 9.80 Å². The molecule has 0 fully saturated rings. The van der Waals surface area contributed by atoms with Gasteiger partial charge in [0.1, 0.15) is 0 Å². The molecule has 0 spiro atoms. The Morgan fingerprint density at radius 3 is 1.14 bits per heavy atom. The van der Waals surface area contributed by atoms with Crippen LogP contribution in [0.15, 0.2) is 177 Å². The summed E-state index contributed by atoms with van der Waals surface area (Å²) in [6.07, 6.45) is 0. The molecule has 6 aromatic carbocycles. The monoisotopic (exact) mass is 856 g/mol. The molecule has 16 heteroatoms. The molecule has 2 N–H and O–H groups in total. The van der Waals surface area contributed by atoms with E-state index in [4.69, 9.17) is 49.8 Å². The highest BCUT2D eigenvalue weighted by Crippen LogP contribution is 2.51. The highest BCUT2D eigenvalue weighted by atomic mass is 35.5. The molecule has 0 bridgehead atoms. The summed E-state index contributed by atoms with van der Waals surface area (Å²) >= 11 is 21.6. The molecule has 10 nitrogen and oxygen atoms in total. The van der Waals surface area contributed by atoms with E-state index in [0.29, 0.717) is 23.2 Å². The van der Waals surface area contributed by atoms with E-state index >= 15 is 0 Å². The number of anilines is 6. The highest BCUT2D eigenvalue weighted by Gasteiger charge is 2.28. The summed E-state index contributed by atoms with van der Waals surface area (Å²) in [7, 11) is -1.34. The number of benzene rings is 6. The van der Waals surface area contributed by atoms with Crippen LogP contribution in [0.2, 0.25) is 15.9 Å². The van der Waals surface area contributed by atoms with Crippen LogP contribution in [0, 0.1) is 0 Å². The zero-order chi connectivity index (χ0) is 40.0. The number of hydrogen-bond acceptors (Lipinski definition) is 12. The molecule has 58 heavy (non-hydrogen) atoms. The quantitative estimate of drug-likeness (QED) is 0.164. The third-order valence-corrected chi connectivity index (χ3v) is 11.3. The normalized spacial score (nSPS) is 12.0. The van der Waals surface area contributed by atoms with Crippen molar-refractivity contribution in [1.82, 2.24) is 29.9 Å². The lowest BCUT2D eigenvalue weighted by Crippen LogP contribution is -2.29. The van der Waals surface area contributed by atoms with Gasteiger partial charge in [0.05, 0.1) is 22.7 Å². The van der Waals surface area contributed by atoms with Gasteiger partial charge >= 0.3 is 7.12 Å². The predicted octanol–water partition coefficient (Wildman–Crippen LogP) is 10.6. The average Bonchev–Trinajstić information content (AvgIpc) is 3.25. The van der Waals surface area contributed by atoms with E-state index in [-0.39, 0.29) is 15.9 Å². The summed E-state index contributed by atoms with van der Waals surface area (Å²) in [5.74, 6) is 1.47. The molecule has 8 aromatic rings. The van der Waals surface area contributed by atoms with E-state index in [2.05, 4.69) is 61.3 Å². The van der Waals surface area contributed by atoms with Crippen molar-refractivity contribution in [2.75, 3.05) is 9.80 Å². The first-order valence-corrected chi connectivity index (χ1v) is 20.4. The maximum Gasteiger partial charge on any atom is 0.488 e. The minimum Gasteiger partial charge on any atom is -0.423 e. The number of hydrogen-bond donors (Lipinski definition) is 2. The lowest BCUT2D eigenvalue weighted by atomic mass is 9.81. The Hall–Kier alpha value is -5.51. The van der Waals surface area contributed by atoms with Gasteiger partial charge in [-0.15, -0.1) is 0 Å². The molecule has 0 saturated carbocycles. The van der Waals surface area contributed by atoms with Gasteiger partial charge in [-0.2, -0.15) is 29.9 Å². The van der Waals surface area contributed by atoms with Crippen LogP contribution in [0.4, 0.5) is 34.6 Å². The Kier molecular flexibility index (Phi) is 12.2. The van der Waals surface area contributed by atoms with E-state index in [1.807, 2.05) is 107 Å². The first-order valence-electron chi connectivity index (χ1n) is 17.6. The largest absolute Gasteiger partial charge is 0.488 e. The smallest absolute Gasteiger partial charge is 0.423 e. The van der Waals surface area contributed by atoms with Gasteiger partial charge in [-0.25, -0.2) is 0 Å². The van der Waals surface area contributed by atoms with Gasteiger partial charge in [0.15, 0.2) is 5.82 Å². The van der Waals surface area contributed by atoms with E-state index in [1.165, 1.54) is 0 Å². The van der Waals surface area contributed by atoms with E-state index in [9.17, 15) is 0 Å². The Morgan fingerprint density at radius 2 is 0.741 bits per heavy atom. The zero-order valence-corrected chi connectivity index (χ0v) is 33.9. The van der Waals surface area contributed by atoms with Crippen LogP contribution >= 0.6 is 58.3 Å². The van der Waals surface area contributed by atoms with E-state index < -0.39 is 7.12 Å². The number of aromatic nitrogens is 6. The molecular weight excluding hydrogens is 830 g/mol. The molecule has 284 valence electrons. The minimum atomic E-state index is -1.34. The molecule has 4 heterocycles. The molecule has 2 aromatic heterocycles. The van der Waals surface area contributed by atoms with Crippen molar-refractivity contribution in [3.05, 3.63) is 174 Å². The van der Waals surface area contributed by atoms with Gasteiger partial charge in [0.2, 0.25) is 27.7 Å². The fourth-order valence-corrected chi connectivity index (χ4v) is 8.66. The molecule has 2 aliphatic rings. The second-order valence-electron chi connectivity index (χ2n) is 12.3. The highest BCUT2D eigenvalue weighted by molar-refractivity contribution is 8.00. The van der Waals surface area contributed by atoms with Crippen LogP contribution in [0.1, 0.15) is 0 Å². The predicted molar refractivity (Wildman–Crippen MR) is 234 cm³/mol. The number of rotatable bonds is 4. The second kappa shape index (κ2) is 18.0. The van der Waals surface area contributed by atoms with Crippen molar-refractivity contribution in [3.63, 3.8) is 0 Å². The van der Waals surface area contributed by atoms with Gasteiger partial charge in [-0.1, -0.05) is 133 Å². The standard InChI is InChI=1S/C21H13ClN4S.C15H8Cl2N4S.C6H7BO2/c22-20-23-19(14-8-2-1-3-9-14)24-21(25-20)26-15-10-4-6-12-17(15)27-18-13-7-5-11-16(18)26;16-13-18-14(17)20-15(19-13)21-9-5-1-3-7-11(9)22-12-8-4-2-6-10(12)21;8-7(9)6-4-2-1-3-5-6/h1-13H;1-8H;1-5,8-9H. The van der Waals surface area contributed by atoms with Crippen molar-refractivity contribution < 1.29 is 10.0 Å². The average molecular weight is 858 g/mol. The van der Waals surface area contributed by atoms with Crippen LogP contribution in [0.25, 0.3) is 11.4 Å². The minimum absolute atomic E-state index is 0.0724. The number of para-hydroxylation sites is 4. The van der Waals surface area contributed by atoms with Gasteiger partial charge < -0.3 is 10.0 Å². The van der Waals surface area contributed by atoms with Crippen molar-refractivity contribution in [1.29, 1.82) is 0 Å². The van der Waals surface area contributed by atoms with Gasteiger partial charge in [0, 0.05) is 25.1 Å². The summed E-state index contributed by atoms with van der Waals surface area (Å²) < 4.78 is 0. The molecule has 0 amide bonds. The number of nitrogens with zero attached hydrogens (tertiary/aromatic N) is 8. The second-order valence-corrected chi connectivity index (χ2v) is 15.5. The fraction of sp³-hybridized carbons (Fsp3) is 0. The SMILES string of the molecule is Clc1nc(-c2ccccc2)nc(N2c3ccccc3Sc3ccccc32)n1.Clc1nc(Cl)nc(N2c3ccccc3Sc3ccccc32)n1.OB(O)c1ccccc1. The Morgan fingerprint density at radius 1 is 0.397 bits per heavy atom. The lowest BCUT2D eigenvalue weighted by Gasteiger charge is -2.31. The Balaban J connectivity index is 0.000000136. The van der Waals surface area contributed by atoms with Gasteiger partial charge in [-0.05, 0) is 88.8 Å². The number of fused-ring (bicyclic) bond motifs is 4. The van der Waals surface area contributed by atoms with Gasteiger partial charge in [0.25, 0.3) is 0 Å². The summed E-state index contributed by atoms with van der Waals surface area (Å²) in [4.78, 5) is 34.3. The van der Waals surface area contributed by atoms with Crippen LogP contribution < -0.4 is 15.3 Å². The van der Waals surface area contributed by atoms with Crippen LogP contribution in [0.5, 0.6) is 0 Å². The molecular formula is C42H28BCl3N8O2S2. The van der Waals surface area contributed by atoms with Crippen molar-refractivity contribution in [3.8, 4) is 11.4 Å². The molecule has 0 radical (unpaired) electrons. The summed E-state index contributed by atoms with van der Waals surface area (Å²) in [6.45, 7) is 0. The fourth-order valence-electron chi connectivity index (χ4n) is 6.04. The Bertz CT molecular complexity index is 2600. The summed E-state index contributed by atoms with van der Waals surface area (Å²) in [6, 6.07) is 51.0. The summed E-state index contributed by atoms with van der Waals surface area (Å²) in [5.41, 5.74) is 5.47. The van der Waals surface area contributed by atoms with Crippen molar-refractivity contribution in [2.24, 2.45) is 0 Å². The topological polar surface area (TPSA) is 124 Å². The first-order chi connectivity index (χ1) is 28.3. The third-order valence-electron chi connectivity index (χ3n) is 8.56. The molecule has 0 atom stereocenters. The molecule has 0 saturated heterocycles. The van der Waals surface area contributed by atoms with Crippen LogP contribution in [-0.4, -0.2) is 47.1 Å². The maximum absolute atomic E-state index is 8.58. The molecule has 10 rings (SSSR count). The molecule has 0 unspecified atom stereocenters. The summed E-state index contributed by atoms with van der Waals surface area (Å²) in [5, 5.41) is 17.5. The maximum atomic E-state index is 8.58. The van der Waals surface area contributed by atoms with Crippen LogP contribution in [-0.2, 0) is 0 Å². The molecule has 0 aliphatic carbocycles. The van der Waals surface area contributed by atoms with Crippen LogP contribution in [0.3, 0.4) is 0 Å². The lowest BCUT2D eigenvalue weighted by molar-refractivity contribution is 0.426. The Labute approximate surface area is 357 Å². The number of halogens is 3. The van der Waals surface area contributed by atoms with Crippen molar-refractivity contribution in [2.45, 2.75) is 19.6 Å². The van der Waals surface area contributed by atoms with E-state index in [0.717, 1.165) is 47.9 Å².